The van der Waals surface area contributed by atoms with E-state index in [1.54, 1.807) is 0 Å². The molecule has 0 radical (unpaired) electrons. The van der Waals surface area contributed by atoms with Crippen molar-refractivity contribution in [3.8, 4) is 0 Å². The first-order chi connectivity index (χ1) is 8.41. The van der Waals surface area contributed by atoms with Crippen LogP contribution in [0.5, 0.6) is 0 Å². The normalized spacial score (nSPS) is 20.3. The highest BCUT2D eigenvalue weighted by molar-refractivity contribution is 5.79. The Morgan fingerprint density at radius 1 is 1.22 bits per heavy atom. The average Bonchev–Trinajstić information content (AvgIpc) is 2.64. The summed E-state index contributed by atoms with van der Waals surface area (Å²) in [7, 11) is 8.22. The molecule has 0 amide bonds. The Morgan fingerprint density at radius 2 is 1.83 bits per heavy atom. The van der Waals surface area contributed by atoms with Crippen LogP contribution in [0.3, 0.4) is 0 Å². The first-order valence-electron chi connectivity index (χ1n) is 7.05. The average molecular weight is 254 g/mol. The Hall–Kier alpha value is -0.770. The van der Waals surface area contributed by atoms with Gasteiger partial charge in [-0.25, -0.2) is 0 Å². The van der Waals surface area contributed by atoms with Gasteiger partial charge in [-0.2, -0.15) is 0 Å². The van der Waals surface area contributed by atoms with Crippen LogP contribution in [0.2, 0.25) is 0 Å². The van der Waals surface area contributed by atoms with Gasteiger partial charge >= 0.3 is 0 Å². The number of rotatable bonds is 4. The molecule has 18 heavy (non-hydrogen) atoms. The fourth-order valence-electron chi connectivity index (χ4n) is 2.68. The van der Waals surface area contributed by atoms with E-state index in [9.17, 15) is 0 Å². The van der Waals surface area contributed by atoms with Gasteiger partial charge in [0, 0.05) is 40.8 Å². The molecule has 0 aromatic rings. The van der Waals surface area contributed by atoms with Gasteiger partial charge in [0.1, 0.15) is 0 Å². The van der Waals surface area contributed by atoms with Gasteiger partial charge in [0.25, 0.3) is 0 Å². The van der Waals surface area contributed by atoms with Gasteiger partial charge in [-0.15, -0.1) is 0 Å². The summed E-state index contributed by atoms with van der Waals surface area (Å²) in [6, 6.07) is 0.641. The number of nitrogens with zero attached hydrogens (tertiary/aromatic N) is 4. The largest absolute Gasteiger partial charge is 0.349 e. The van der Waals surface area contributed by atoms with Crippen LogP contribution in [0.15, 0.2) is 4.99 Å². The lowest BCUT2D eigenvalue weighted by molar-refractivity contribution is 0.230. The van der Waals surface area contributed by atoms with Crippen molar-refractivity contribution in [3.63, 3.8) is 0 Å². The van der Waals surface area contributed by atoms with Crippen LogP contribution in [-0.4, -0.2) is 74.5 Å². The summed E-state index contributed by atoms with van der Waals surface area (Å²) >= 11 is 0. The van der Waals surface area contributed by atoms with E-state index < -0.39 is 0 Å². The van der Waals surface area contributed by atoms with E-state index in [0.717, 1.165) is 18.4 Å². The van der Waals surface area contributed by atoms with Gasteiger partial charge in [-0.1, -0.05) is 13.8 Å². The molecule has 0 N–H and O–H groups in total. The molecule has 0 aromatic carbocycles. The quantitative estimate of drug-likeness (QED) is 0.562. The minimum absolute atomic E-state index is 0.641. The van der Waals surface area contributed by atoms with Gasteiger partial charge in [0.2, 0.25) is 0 Å². The van der Waals surface area contributed by atoms with Crippen LogP contribution >= 0.6 is 0 Å². The maximum absolute atomic E-state index is 4.79. The molecule has 4 heteroatoms. The molecule has 0 aromatic heterocycles. The number of guanidine groups is 1. The third-order valence-corrected chi connectivity index (χ3v) is 3.34. The van der Waals surface area contributed by atoms with E-state index in [4.69, 9.17) is 4.99 Å². The Balaban J connectivity index is 2.57. The molecule has 106 valence electrons. The van der Waals surface area contributed by atoms with Crippen LogP contribution in [0.1, 0.15) is 26.7 Å². The third kappa shape index (κ3) is 4.48. The molecule has 1 aliphatic rings. The monoisotopic (exact) mass is 254 g/mol. The molecule has 0 spiro atoms. The Kier molecular flexibility index (Phi) is 5.93. The van der Waals surface area contributed by atoms with Crippen molar-refractivity contribution >= 4 is 5.96 Å². The van der Waals surface area contributed by atoms with E-state index in [1.165, 1.54) is 25.9 Å². The first-order valence-corrected chi connectivity index (χ1v) is 7.05. The van der Waals surface area contributed by atoms with Crippen molar-refractivity contribution in [2.45, 2.75) is 32.7 Å². The standard InChI is InChI=1S/C14H30N4/c1-12(2)11-18-9-7-8-13(18)10-15-14(16(3)4)17(5)6/h12-13H,7-11H2,1-6H3/t13-/m1/s1. The molecule has 1 atom stereocenters. The molecule has 1 heterocycles. The second kappa shape index (κ2) is 6.98. The zero-order valence-electron chi connectivity index (χ0n) is 13.0. The molecule has 1 fully saturated rings. The molecular weight excluding hydrogens is 224 g/mol. The minimum atomic E-state index is 0.641. The Morgan fingerprint density at radius 3 is 2.33 bits per heavy atom. The predicted octanol–water partition coefficient (Wildman–Crippen LogP) is 1.59. The van der Waals surface area contributed by atoms with Crippen LogP contribution in [0.4, 0.5) is 0 Å². The van der Waals surface area contributed by atoms with Crippen LogP contribution in [0.25, 0.3) is 0 Å². The topological polar surface area (TPSA) is 22.1 Å². The van der Waals surface area contributed by atoms with Crippen molar-refractivity contribution in [2.75, 3.05) is 47.8 Å². The zero-order chi connectivity index (χ0) is 13.7. The molecule has 0 unspecified atom stereocenters. The predicted molar refractivity (Wildman–Crippen MR) is 79.1 cm³/mol. The lowest BCUT2D eigenvalue weighted by Crippen LogP contribution is -2.38. The van der Waals surface area contributed by atoms with Crippen LogP contribution in [-0.2, 0) is 0 Å². The summed E-state index contributed by atoms with van der Waals surface area (Å²) < 4.78 is 0. The second-order valence-electron chi connectivity index (χ2n) is 6.11. The number of likely N-dealkylation sites (tertiary alicyclic amines) is 1. The Labute approximate surface area is 113 Å². The summed E-state index contributed by atoms with van der Waals surface area (Å²) in [6.45, 7) is 7.98. The molecule has 4 nitrogen and oxygen atoms in total. The summed E-state index contributed by atoms with van der Waals surface area (Å²) in [5.41, 5.74) is 0. The first kappa shape index (κ1) is 15.3. The van der Waals surface area contributed by atoms with Gasteiger partial charge in [0.15, 0.2) is 5.96 Å². The molecule has 1 saturated heterocycles. The lowest BCUT2D eigenvalue weighted by atomic mass is 10.2. The van der Waals surface area contributed by atoms with E-state index in [2.05, 4.69) is 56.7 Å². The van der Waals surface area contributed by atoms with E-state index in [-0.39, 0.29) is 0 Å². The molecule has 1 aliphatic heterocycles. The highest BCUT2D eigenvalue weighted by atomic mass is 15.3. The van der Waals surface area contributed by atoms with Gasteiger partial charge in [-0.05, 0) is 25.3 Å². The highest BCUT2D eigenvalue weighted by Gasteiger charge is 2.24. The summed E-state index contributed by atoms with van der Waals surface area (Å²) in [5.74, 6) is 1.81. The number of hydrogen-bond acceptors (Lipinski definition) is 2. The molecule has 0 bridgehead atoms. The summed E-state index contributed by atoms with van der Waals surface area (Å²) in [6.07, 6.45) is 2.62. The molecular formula is C14H30N4. The van der Waals surface area contributed by atoms with Crippen molar-refractivity contribution in [2.24, 2.45) is 10.9 Å². The van der Waals surface area contributed by atoms with Gasteiger partial charge in [-0.3, -0.25) is 9.89 Å². The second-order valence-corrected chi connectivity index (χ2v) is 6.11. The van der Waals surface area contributed by atoms with Crippen LogP contribution < -0.4 is 0 Å². The zero-order valence-corrected chi connectivity index (χ0v) is 13.0. The summed E-state index contributed by atoms with van der Waals surface area (Å²) in [4.78, 5) is 11.6. The number of aliphatic imine (C=N–C) groups is 1. The SMILES string of the molecule is CC(C)CN1CCC[C@@H]1CN=C(N(C)C)N(C)C. The van der Waals surface area contributed by atoms with E-state index in [0.29, 0.717) is 6.04 Å². The van der Waals surface area contributed by atoms with Gasteiger partial charge < -0.3 is 9.80 Å². The highest BCUT2D eigenvalue weighted by Crippen LogP contribution is 2.19. The van der Waals surface area contributed by atoms with Gasteiger partial charge in [0.05, 0.1) is 6.54 Å². The van der Waals surface area contributed by atoms with E-state index >= 15 is 0 Å². The smallest absolute Gasteiger partial charge is 0.195 e. The minimum Gasteiger partial charge on any atom is -0.349 e. The molecule has 0 saturated carbocycles. The van der Waals surface area contributed by atoms with Crippen molar-refractivity contribution < 1.29 is 0 Å². The fraction of sp³-hybridized carbons (Fsp3) is 0.929. The summed E-state index contributed by atoms with van der Waals surface area (Å²) in [5, 5.41) is 0. The van der Waals surface area contributed by atoms with Crippen molar-refractivity contribution in [3.05, 3.63) is 0 Å². The third-order valence-electron chi connectivity index (χ3n) is 3.34. The fourth-order valence-corrected chi connectivity index (χ4v) is 2.68. The van der Waals surface area contributed by atoms with Crippen LogP contribution in [0, 0.1) is 5.92 Å². The Bertz CT molecular complexity index is 261. The lowest BCUT2D eigenvalue weighted by Gasteiger charge is -2.27. The van der Waals surface area contributed by atoms with E-state index in [1.807, 2.05) is 0 Å². The maximum atomic E-state index is 4.79. The maximum Gasteiger partial charge on any atom is 0.195 e. The number of hydrogen-bond donors (Lipinski definition) is 0. The molecule has 0 aliphatic carbocycles. The molecule has 1 rings (SSSR count). The van der Waals surface area contributed by atoms with Crippen molar-refractivity contribution in [1.29, 1.82) is 0 Å². The van der Waals surface area contributed by atoms with Crippen molar-refractivity contribution in [1.82, 2.24) is 14.7 Å².